The van der Waals surface area contributed by atoms with Crippen LogP contribution in [-0.2, 0) is 6.54 Å². The molecule has 0 saturated heterocycles. The van der Waals surface area contributed by atoms with Crippen LogP contribution in [0.15, 0.2) is 52.2 Å². The molecule has 3 N–H and O–H groups in total. The van der Waals surface area contributed by atoms with Gasteiger partial charge in [0.1, 0.15) is 6.20 Å². The van der Waals surface area contributed by atoms with Gasteiger partial charge in [-0.1, -0.05) is 59.2 Å². The van der Waals surface area contributed by atoms with E-state index >= 15 is 0 Å². The van der Waals surface area contributed by atoms with Crippen molar-refractivity contribution in [1.29, 1.82) is 0 Å². The topological polar surface area (TPSA) is 93.8 Å². The van der Waals surface area contributed by atoms with Gasteiger partial charge in [0, 0.05) is 20.6 Å². The van der Waals surface area contributed by atoms with Crippen molar-refractivity contribution in [2.75, 3.05) is 0 Å². The van der Waals surface area contributed by atoms with E-state index in [1.165, 1.54) is 0 Å². The highest BCUT2D eigenvalue weighted by molar-refractivity contribution is 7.80. The number of nitrogens with zero attached hydrogens (tertiary/aromatic N) is 2. The molecule has 3 aromatic rings. The molecule has 144 valence electrons. The van der Waals surface area contributed by atoms with Crippen LogP contribution in [0.3, 0.4) is 0 Å². The molecule has 0 aliphatic carbocycles. The maximum Gasteiger partial charge on any atom is 0.345 e. The summed E-state index contributed by atoms with van der Waals surface area (Å²) in [5.74, 6) is -0.504. The Morgan fingerprint density at radius 1 is 1.14 bits per heavy atom. The third-order valence-corrected chi connectivity index (χ3v) is 5.14. The van der Waals surface area contributed by atoms with Crippen LogP contribution in [0.4, 0.5) is 0 Å². The molecule has 0 aliphatic heterocycles. The van der Waals surface area contributed by atoms with Gasteiger partial charge in [0.2, 0.25) is 0 Å². The van der Waals surface area contributed by atoms with Gasteiger partial charge in [-0.15, -0.1) is 0 Å². The molecule has 1 aromatic heterocycles. The zero-order valence-electron chi connectivity index (χ0n) is 14.2. The van der Waals surface area contributed by atoms with Crippen LogP contribution in [0.1, 0.15) is 22.6 Å². The zero-order chi connectivity index (χ0) is 20.4. The summed E-state index contributed by atoms with van der Waals surface area (Å²) in [7, 11) is 0. The second kappa shape index (κ2) is 8.45. The van der Waals surface area contributed by atoms with Crippen molar-refractivity contribution in [3.05, 3.63) is 95.2 Å². The number of rotatable bonds is 5. The molecule has 6 nitrogen and oxygen atoms in total. The minimum Gasteiger partial charge on any atom is -0.393 e. The van der Waals surface area contributed by atoms with Crippen molar-refractivity contribution in [3.63, 3.8) is 0 Å². The average molecular weight is 456 g/mol. The van der Waals surface area contributed by atoms with Gasteiger partial charge >= 0.3 is 5.69 Å². The molecule has 0 spiro atoms. The Hall–Kier alpha value is -2.19. The molecule has 2 aromatic carbocycles. The van der Waals surface area contributed by atoms with Gasteiger partial charge in [-0.05, 0) is 35.4 Å². The summed E-state index contributed by atoms with van der Waals surface area (Å²) in [6.07, 6.45) is 1.02. The van der Waals surface area contributed by atoms with Gasteiger partial charge in [0.25, 0.3) is 5.56 Å². The Morgan fingerprint density at radius 3 is 2.29 bits per heavy atom. The number of aromatic nitrogens is 3. The molecule has 0 bridgehead atoms. The van der Waals surface area contributed by atoms with Gasteiger partial charge in [-0.2, -0.15) is 5.10 Å². The molecule has 1 unspecified atom stereocenters. The van der Waals surface area contributed by atoms with Crippen LogP contribution in [0.2, 0.25) is 15.1 Å². The minimum absolute atomic E-state index is 0.0774. The number of nitrogens with two attached hydrogens (primary N) is 1. The normalized spacial score (nSPS) is 12.0. The number of H-pyrrole nitrogens is 1. The van der Waals surface area contributed by atoms with Crippen LogP contribution in [0, 0.1) is 0 Å². The first-order valence-corrected chi connectivity index (χ1v) is 9.49. The first-order valence-electron chi connectivity index (χ1n) is 7.95. The van der Waals surface area contributed by atoms with E-state index < -0.39 is 17.2 Å². The lowest BCUT2D eigenvalue weighted by atomic mass is 9.90. The van der Waals surface area contributed by atoms with Crippen LogP contribution in [-0.4, -0.2) is 19.8 Å². The van der Waals surface area contributed by atoms with Gasteiger partial charge in [-0.3, -0.25) is 9.78 Å². The lowest BCUT2D eigenvalue weighted by Gasteiger charge is -2.20. The van der Waals surface area contributed by atoms with Crippen molar-refractivity contribution < 1.29 is 0 Å². The Bertz CT molecular complexity index is 1140. The van der Waals surface area contributed by atoms with Crippen molar-refractivity contribution >= 4 is 52.0 Å². The molecule has 0 amide bonds. The van der Waals surface area contributed by atoms with Crippen LogP contribution < -0.4 is 17.0 Å². The maximum absolute atomic E-state index is 11.8. The highest BCUT2D eigenvalue weighted by Crippen LogP contribution is 2.37. The predicted molar refractivity (Wildman–Crippen MR) is 115 cm³/mol. The van der Waals surface area contributed by atoms with Crippen molar-refractivity contribution in [2.24, 2.45) is 5.73 Å². The van der Waals surface area contributed by atoms with E-state index in [4.69, 9.17) is 52.8 Å². The van der Waals surface area contributed by atoms with E-state index in [-0.39, 0.29) is 11.5 Å². The fraction of sp³-hybridized carbons (Fsp3) is 0.111. The van der Waals surface area contributed by atoms with Gasteiger partial charge < -0.3 is 5.73 Å². The first-order chi connectivity index (χ1) is 13.3. The Labute approximate surface area is 179 Å². The number of nitrogens with one attached hydrogen (secondary N) is 1. The summed E-state index contributed by atoms with van der Waals surface area (Å²) in [5, 5.41) is 5.06. The average Bonchev–Trinajstić information content (AvgIpc) is 2.61. The largest absolute Gasteiger partial charge is 0.393 e. The fourth-order valence-corrected chi connectivity index (χ4v) is 3.92. The number of hydrogen-bond donors (Lipinski definition) is 2. The number of halogens is 3. The molecule has 28 heavy (non-hydrogen) atoms. The molecular weight excluding hydrogens is 443 g/mol. The standard InChI is InChI=1S/C18H13Cl3N4O2S/c19-11-3-1-10(2-4-11)15(17(22)28)16-12(20)5-9(6-13(16)21)8-25-18(27)24-14(26)7-23-25/h1-7,15H,8H2,(H2,22,28)(H,24,26,27). The molecule has 0 fully saturated rings. The Kier molecular flexibility index (Phi) is 6.20. The van der Waals surface area contributed by atoms with Gasteiger partial charge in [0.15, 0.2) is 0 Å². The molecule has 0 radical (unpaired) electrons. The van der Waals surface area contributed by atoms with Crippen LogP contribution >= 0.6 is 47.0 Å². The summed E-state index contributed by atoms with van der Waals surface area (Å²) in [6, 6.07) is 10.4. The highest BCUT2D eigenvalue weighted by atomic mass is 35.5. The molecule has 0 aliphatic rings. The number of thiocarbonyl (C=S) groups is 1. The van der Waals surface area contributed by atoms with Gasteiger partial charge in [0.05, 0.1) is 17.5 Å². The Morgan fingerprint density at radius 2 is 1.75 bits per heavy atom. The SMILES string of the molecule is NC(=S)C(c1ccc(Cl)cc1)c1c(Cl)cc(Cn2ncc(=O)[nH]c2=O)cc1Cl. The second-order valence-corrected chi connectivity index (χ2v) is 7.68. The maximum atomic E-state index is 11.8. The Balaban J connectivity index is 2.02. The van der Waals surface area contributed by atoms with E-state index in [0.29, 0.717) is 26.2 Å². The third kappa shape index (κ3) is 4.44. The summed E-state index contributed by atoms with van der Waals surface area (Å²) in [5.41, 5.74) is 6.74. The van der Waals surface area contributed by atoms with E-state index in [1.807, 2.05) is 0 Å². The molecule has 1 heterocycles. The first kappa shape index (κ1) is 20.5. The molecule has 3 rings (SSSR count). The second-order valence-electron chi connectivity index (χ2n) is 5.96. The van der Waals surface area contributed by atoms with E-state index in [9.17, 15) is 9.59 Å². The number of hydrogen-bond acceptors (Lipinski definition) is 4. The molecular formula is C18H13Cl3N4O2S. The highest BCUT2D eigenvalue weighted by Gasteiger charge is 2.23. The van der Waals surface area contributed by atoms with Crippen molar-refractivity contribution in [1.82, 2.24) is 14.8 Å². The lowest BCUT2D eigenvalue weighted by molar-refractivity contribution is 0.607. The summed E-state index contributed by atoms with van der Waals surface area (Å²) in [6.45, 7) is 0.0774. The number of aromatic amines is 1. The van der Waals surface area contributed by atoms with Crippen molar-refractivity contribution in [2.45, 2.75) is 12.5 Å². The lowest BCUT2D eigenvalue weighted by Crippen LogP contribution is -2.31. The third-order valence-electron chi connectivity index (χ3n) is 4.03. The quantitative estimate of drug-likeness (QED) is 0.575. The predicted octanol–water partition coefficient (Wildman–Crippen LogP) is 3.36. The monoisotopic (exact) mass is 454 g/mol. The fourth-order valence-electron chi connectivity index (χ4n) is 2.79. The van der Waals surface area contributed by atoms with Crippen LogP contribution in [0.25, 0.3) is 0 Å². The van der Waals surface area contributed by atoms with Crippen molar-refractivity contribution in [3.8, 4) is 0 Å². The summed E-state index contributed by atoms with van der Waals surface area (Å²) >= 11 is 24.2. The smallest absolute Gasteiger partial charge is 0.345 e. The summed E-state index contributed by atoms with van der Waals surface area (Å²) in [4.78, 5) is 25.3. The molecule has 0 saturated carbocycles. The zero-order valence-corrected chi connectivity index (χ0v) is 17.2. The molecule has 10 heteroatoms. The molecule has 1 atom stereocenters. The van der Waals surface area contributed by atoms with E-state index in [0.717, 1.165) is 16.4 Å². The van der Waals surface area contributed by atoms with Crippen LogP contribution in [0.5, 0.6) is 0 Å². The summed E-state index contributed by atoms with van der Waals surface area (Å²) < 4.78 is 1.09. The van der Waals surface area contributed by atoms with E-state index in [1.54, 1.807) is 36.4 Å². The van der Waals surface area contributed by atoms with Gasteiger partial charge in [-0.25, -0.2) is 9.48 Å². The number of benzene rings is 2. The van der Waals surface area contributed by atoms with E-state index in [2.05, 4.69) is 10.1 Å². The minimum atomic E-state index is -0.633.